The van der Waals surface area contributed by atoms with Crippen LogP contribution >= 0.6 is 0 Å². The van der Waals surface area contributed by atoms with E-state index in [1.165, 1.54) is 23.3 Å². The van der Waals surface area contributed by atoms with Gasteiger partial charge in [-0.25, -0.2) is 13.1 Å². The Bertz CT molecular complexity index is 1150. The number of hydrogen-bond donors (Lipinski definition) is 2. The number of para-hydroxylation sites is 2. The van der Waals surface area contributed by atoms with Gasteiger partial charge in [0.05, 0.1) is 36.3 Å². The summed E-state index contributed by atoms with van der Waals surface area (Å²) in [5.41, 5.74) is 4.44. The van der Waals surface area contributed by atoms with Crippen molar-refractivity contribution in [2.75, 3.05) is 18.1 Å². The van der Waals surface area contributed by atoms with E-state index in [9.17, 15) is 13.5 Å². The summed E-state index contributed by atoms with van der Waals surface area (Å²) in [5, 5.41) is 11.4. The van der Waals surface area contributed by atoms with Crippen molar-refractivity contribution in [2.45, 2.75) is 35.9 Å². The lowest BCUT2D eigenvalue weighted by Crippen LogP contribution is -2.60. The molecule has 0 saturated carbocycles. The summed E-state index contributed by atoms with van der Waals surface area (Å²) in [6.07, 6.45) is 0.843. The lowest BCUT2D eigenvalue weighted by Gasteiger charge is -2.43. The van der Waals surface area contributed by atoms with E-state index < -0.39 is 28.2 Å². The summed E-state index contributed by atoms with van der Waals surface area (Å²) in [6.45, 7) is 0.411. The van der Waals surface area contributed by atoms with Crippen molar-refractivity contribution in [3.8, 4) is 0 Å². The molecule has 6 nitrogen and oxygen atoms in total. The van der Waals surface area contributed by atoms with E-state index in [1.807, 2.05) is 24.3 Å². The molecule has 2 heterocycles. The van der Waals surface area contributed by atoms with Gasteiger partial charge in [-0.1, -0.05) is 54.6 Å². The third-order valence-electron chi connectivity index (χ3n) is 6.25. The van der Waals surface area contributed by atoms with Crippen LogP contribution in [0.1, 0.15) is 11.1 Å². The molecule has 3 atom stereocenters. The molecule has 5 rings (SSSR count). The molecule has 3 aromatic rings. The van der Waals surface area contributed by atoms with Gasteiger partial charge in [-0.2, -0.15) is 0 Å². The second kappa shape index (κ2) is 8.67. The molecular weight excluding hydrogens is 424 g/mol. The Hall–Kier alpha value is -2.71. The second-order valence-corrected chi connectivity index (χ2v) is 9.98. The average Bonchev–Trinajstić information content (AvgIpc) is 2.98. The van der Waals surface area contributed by atoms with Crippen molar-refractivity contribution in [3.05, 3.63) is 90.0 Å². The number of sulfonamides is 1. The summed E-state index contributed by atoms with van der Waals surface area (Å²) in [4.78, 5) is 2.30. The van der Waals surface area contributed by atoms with E-state index in [4.69, 9.17) is 4.74 Å². The van der Waals surface area contributed by atoms with Gasteiger partial charge < -0.3 is 14.7 Å². The zero-order valence-electron chi connectivity index (χ0n) is 17.6. The molecule has 2 N–H and O–H groups in total. The Balaban J connectivity index is 1.50. The van der Waals surface area contributed by atoms with Crippen molar-refractivity contribution < 1.29 is 18.3 Å². The molecule has 2 aliphatic heterocycles. The summed E-state index contributed by atoms with van der Waals surface area (Å²) in [7, 11) is -3.78. The van der Waals surface area contributed by atoms with Crippen LogP contribution in [0.5, 0.6) is 0 Å². The highest BCUT2D eigenvalue weighted by molar-refractivity contribution is 7.89. The number of aliphatic hydroxyl groups excluding tert-OH is 1. The summed E-state index contributed by atoms with van der Waals surface area (Å²) in [6, 6.07) is 23.4. The molecule has 0 spiro atoms. The van der Waals surface area contributed by atoms with Crippen molar-refractivity contribution in [3.63, 3.8) is 0 Å². The topological polar surface area (TPSA) is 78.9 Å². The van der Waals surface area contributed by atoms with E-state index in [1.54, 1.807) is 18.2 Å². The van der Waals surface area contributed by atoms with Gasteiger partial charge in [0.25, 0.3) is 0 Å². The third-order valence-corrected chi connectivity index (χ3v) is 7.76. The van der Waals surface area contributed by atoms with E-state index >= 15 is 0 Å². The highest BCUT2D eigenvalue weighted by atomic mass is 32.2. The molecule has 3 unspecified atom stereocenters. The first-order chi connectivity index (χ1) is 15.5. The SMILES string of the molecule is O=S(=O)(NC1COCC(N2c3ccccc3CCc3ccccc32)C1O)c1ccccc1. The number of fused-ring (bicyclic) bond motifs is 2. The number of hydrogen-bond acceptors (Lipinski definition) is 5. The molecule has 32 heavy (non-hydrogen) atoms. The monoisotopic (exact) mass is 450 g/mol. The Labute approximate surface area is 188 Å². The maximum Gasteiger partial charge on any atom is 0.240 e. The van der Waals surface area contributed by atoms with Gasteiger partial charge in [0.1, 0.15) is 0 Å². The van der Waals surface area contributed by atoms with Crippen LogP contribution in [0.3, 0.4) is 0 Å². The molecule has 1 fully saturated rings. The van der Waals surface area contributed by atoms with Crippen LogP contribution in [-0.2, 0) is 27.6 Å². The fraction of sp³-hybridized carbons (Fsp3) is 0.280. The molecule has 166 valence electrons. The Morgan fingerprint density at radius 2 is 1.38 bits per heavy atom. The van der Waals surface area contributed by atoms with Gasteiger partial charge in [-0.3, -0.25) is 0 Å². The normalized spacial score (nSPS) is 23.2. The molecule has 1 saturated heterocycles. The van der Waals surface area contributed by atoms with Gasteiger partial charge in [0, 0.05) is 11.4 Å². The van der Waals surface area contributed by atoms with Crippen LogP contribution in [-0.4, -0.2) is 44.9 Å². The van der Waals surface area contributed by atoms with E-state index in [-0.39, 0.29) is 11.5 Å². The predicted molar refractivity (Wildman–Crippen MR) is 124 cm³/mol. The van der Waals surface area contributed by atoms with Gasteiger partial charge in [0.15, 0.2) is 0 Å². The minimum absolute atomic E-state index is 0.112. The minimum atomic E-state index is -3.78. The van der Waals surface area contributed by atoms with Crippen LogP contribution in [0.25, 0.3) is 0 Å². The van der Waals surface area contributed by atoms with Gasteiger partial charge in [-0.05, 0) is 48.2 Å². The zero-order chi connectivity index (χ0) is 22.1. The molecule has 3 aromatic carbocycles. The van der Waals surface area contributed by atoms with Crippen molar-refractivity contribution in [1.29, 1.82) is 0 Å². The largest absolute Gasteiger partial charge is 0.389 e. The van der Waals surface area contributed by atoms with Crippen LogP contribution in [0.2, 0.25) is 0 Å². The Morgan fingerprint density at radius 1 is 0.812 bits per heavy atom. The fourth-order valence-corrected chi connectivity index (χ4v) is 5.91. The number of nitrogens with zero attached hydrogens (tertiary/aromatic N) is 1. The first-order valence-electron chi connectivity index (χ1n) is 10.8. The third kappa shape index (κ3) is 3.93. The van der Waals surface area contributed by atoms with Crippen LogP contribution in [0.4, 0.5) is 11.4 Å². The lowest BCUT2D eigenvalue weighted by molar-refractivity contribution is -0.0242. The van der Waals surface area contributed by atoms with Gasteiger partial charge in [0.2, 0.25) is 10.0 Å². The van der Waals surface area contributed by atoms with Crippen molar-refractivity contribution in [1.82, 2.24) is 4.72 Å². The van der Waals surface area contributed by atoms with Crippen LogP contribution in [0.15, 0.2) is 83.8 Å². The maximum absolute atomic E-state index is 12.9. The minimum Gasteiger partial charge on any atom is -0.389 e. The molecule has 0 radical (unpaired) electrons. The Kier molecular flexibility index (Phi) is 5.73. The van der Waals surface area contributed by atoms with E-state index in [0.717, 1.165) is 24.2 Å². The average molecular weight is 451 g/mol. The van der Waals surface area contributed by atoms with Gasteiger partial charge in [-0.15, -0.1) is 0 Å². The summed E-state index contributed by atoms with van der Waals surface area (Å²) < 4.78 is 34.3. The Morgan fingerprint density at radius 3 is 2.00 bits per heavy atom. The first kappa shape index (κ1) is 21.2. The van der Waals surface area contributed by atoms with Crippen molar-refractivity contribution in [2.24, 2.45) is 0 Å². The summed E-state index contributed by atoms with van der Waals surface area (Å²) >= 11 is 0. The summed E-state index contributed by atoms with van der Waals surface area (Å²) in [5.74, 6) is 0. The van der Waals surface area contributed by atoms with Crippen LogP contribution < -0.4 is 9.62 Å². The quantitative estimate of drug-likeness (QED) is 0.639. The highest BCUT2D eigenvalue weighted by Crippen LogP contribution is 2.39. The first-order valence-corrected chi connectivity index (χ1v) is 12.3. The number of aliphatic hydroxyl groups is 1. The lowest BCUT2D eigenvalue weighted by atomic mass is 9.98. The number of aryl methyl sites for hydroxylation is 2. The molecule has 7 heteroatoms. The molecular formula is C25H26N2O4S. The predicted octanol–water partition coefficient (Wildman–Crippen LogP) is 3.03. The standard InChI is InChI=1S/C25H26N2O4S/c28-25-21(26-32(29,30)20-10-2-1-3-11-20)16-31-17-24(25)27-22-12-6-4-8-18(22)14-15-19-9-5-7-13-23(19)27/h1-13,21,24-26,28H,14-17H2. The van der Waals surface area contributed by atoms with Crippen LogP contribution in [0, 0.1) is 0 Å². The number of anilines is 2. The second-order valence-electron chi connectivity index (χ2n) is 8.26. The molecule has 0 aromatic heterocycles. The van der Waals surface area contributed by atoms with E-state index in [0.29, 0.717) is 6.61 Å². The number of rotatable bonds is 4. The van der Waals surface area contributed by atoms with Gasteiger partial charge >= 0.3 is 0 Å². The molecule has 0 amide bonds. The number of ether oxygens (including phenoxy) is 1. The van der Waals surface area contributed by atoms with Crippen molar-refractivity contribution >= 4 is 21.4 Å². The zero-order valence-corrected chi connectivity index (χ0v) is 18.4. The smallest absolute Gasteiger partial charge is 0.240 e. The molecule has 2 aliphatic rings. The fourth-order valence-electron chi connectivity index (χ4n) is 4.65. The number of benzene rings is 3. The maximum atomic E-state index is 12.9. The molecule has 0 bridgehead atoms. The highest BCUT2D eigenvalue weighted by Gasteiger charge is 2.40. The van der Waals surface area contributed by atoms with E-state index in [2.05, 4.69) is 33.9 Å². The molecule has 0 aliphatic carbocycles. The number of nitrogens with one attached hydrogen (secondary N) is 1.